The number of likely N-dealkylation sites (N-methyl/N-ethyl adjacent to an activating group) is 2. The molecule has 1 aromatic carbocycles. The van der Waals surface area contributed by atoms with Crippen LogP contribution in [0, 0.1) is 6.92 Å². The van der Waals surface area contributed by atoms with Crippen LogP contribution in [0.1, 0.15) is 11.1 Å². The maximum Gasteiger partial charge on any atom is 0.0375 e. The van der Waals surface area contributed by atoms with Crippen LogP contribution < -0.4 is 5.73 Å². The zero-order chi connectivity index (χ0) is 13.1. The topological polar surface area (TPSA) is 32.5 Å². The Kier molecular flexibility index (Phi) is 4.38. The molecule has 1 aliphatic rings. The Morgan fingerprint density at radius 3 is 2.72 bits per heavy atom. The first kappa shape index (κ1) is 13.5. The summed E-state index contributed by atoms with van der Waals surface area (Å²) < 4.78 is 0. The number of piperazine rings is 1. The molecule has 0 bridgehead atoms. The lowest BCUT2D eigenvalue weighted by atomic mass is 9.95. The first-order valence-electron chi connectivity index (χ1n) is 6.77. The lowest BCUT2D eigenvalue weighted by Crippen LogP contribution is -2.58. The molecule has 2 N–H and O–H groups in total. The van der Waals surface area contributed by atoms with Gasteiger partial charge in [-0.2, -0.15) is 0 Å². The molecule has 2 rings (SSSR count). The van der Waals surface area contributed by atoms with Crippen molar-refractivity contribution in [3.8, 4) is 0 Å². The molecule has 2 unspecified atom stereocenters. The molecular formula is C15H25N3. The molecule has 3 nitrogen and oxygen atoms in total. The Hall–Kier alpha value is -0.900. The third-order valence-electron chi connectivity index (χ3n) is 4.11. The lowest BCUT2D eigenvalue weighted by molar-refractivity contribution is 0.0973. The van der Waals surface area contributed by atoms with Crippen molar-refractivity contribution in [2.45, 2.75) is 25.4 Å². The third-order valence-corrected chi connectivity index (χ3v) is 4.11. The SMILES string of the molecule is Cc1ccccc1CC(N)C1CN(C)CCN1C. The van der Waals surface area contributed by atoms with Crippen molar-refractivity contribution in [2.75, 3.05) is 33.7 Å². The van der Waals surface area contributed by atoms with Crippen LogP contribution in [0.25, 0.3) is 0 Å². The van der Waals surface area contributed by atoms with Crippen LogP contribution in [0.5, 0.6) is 0 Å². The molecule has 0 amide bonds. The fraction of sp³-hybridized carbons (Fsp3) is 0.600. The Labute approximate surface area is 111 Å². The summed E-state index contributed by atoms with van der Waals surface area (Å²) in [6.07, 6.45) is 0.968. The number of nitrogens with zero attached hydrogens (tertiary/aromatic N) is 2. The van der Waals surface area contributed by atoms with Crippen molar-refractivity contribution in [1.29, 1.82) is 0 Å². The highest BCUT2D eigenvalue weighted by Crippen LogP contribution is 2.15. The Bertz CT molecular complexity index is 391. The summed E-state index contributed by atoms with van der Waals surface area (Å²) in [7, 11) is 4.37. The fourth-order valence-corrected chi connectivity index (χ4v) is 2.74. The summed E-state index contributed by atoms with van der Waals surface area (Å²) in [6, 6.07) is 9.22. The predicted molar refractivity (Wildman–Crippen MR) is 76.8 cm³/mol. The van der Waals surface area contributed by atoms with Gasteiger partial charge in [0.15, 0.2) is 0 Å². The number of hydrogen-bond acceptors (Lipinski definition) is 3. The fourth-order valence-electron chi connectivity index (χ4n) is 2.74. The van der Waals surface area contributed by atoms with Gasteiger partial charge in [-0.25, -0.2) is 0 Å². The molecule has 0 aliphatic carbocycles. The molecule has 18 heavy (non-hydrogen) atoms. The Balaban J connectivity index is 2.03. The van der Waals surface area contributed by atoms with E-state index < -0.39 is 0 Å². The lowest BCUT2D eigenvalue weighted by Gasteiger charge is -2.40. The highest BCUT2D eigenvalue weighted by atomic mass is 15.3. The second-order valence-electron chi connectivity index (χ2n) is 5.60. The van der Waals surface area contributed by atoms with Crippen molar-refractivity contribution >= 4 is 0 Å². The minimum Gasteiger partial charge on any atom is -0.326 e. The van der Waals surface area contributed by atoms with E-state index in [1.807, 2.05) is 0 Å². The minimum atomic E-state index is 0.207. The van der Waals surface area contributed by atoms with E-state index in [0.717, 1.165) is 26.1 Å². The summed E-state index contributed by atoms with van der Waals surface area (Å²) in [4.78, 5) is 4.78. The van der Waals surface area contributed by atoms with Crippen molar-refractivity contribution in [1.82, 2.24) is 9.80 Å². The largest absolute Gasteiger partial charge is 0.326 e. The molecule has 0 saturated carbocycles. The van der Waals surface area contributed by atoms with Crippen LogP contribution >= 0.6 is 0 Å². The standard InChI is InChI=1S/C15H25N3/c1-12-6-4-5-7-13(12)10-14(16)15-11-17(2)8-9-18(15)3/h4-7,14-15H,8-11,16H2,1-3H3. The second-order valence-corrected chi connectivity index (χ2v) is 5.60. The minimum absolute atomic E-state index is 0.207. The van der Waals surface area contributed by atoms with Gasteiger partial charge in [-0.05, 0) is 38.6 Å². The first-order chi connectivity index (χ1) is 8.58. The average Bonchev–Trinajstić information content (AvgIpc) is 2.35. The Morgan fingerprint density at radius 1 is 1.28 bits per heavy atom. The summed E-state index contributed by atoms with van der Waals surface area (Å²) in [5, 5.41) is 0. The van der Waals surface area contributed by atoms with E-state index in [-0.39, 0.29) is 6.04 Å². The molecule has 0 aromatic heterocycles. The van der Waals surface area contributed by atoms with Gasteiger partial charge in [0.2, 0.25) is 0 Å². The van der Waals surface area contributed by atoms with E-state index in [1.165, 1.54) is 11.1 Å². The van der Waals surface area contributed by atoms with Crippen LogP contribution in [-0.2, 0) is 6.42 Å². The highest BCUT2D eigenvalue weighted by molar-refractivity contribution is 5.26. The van der Waals surface area contributed by atoms with Gasteiger partial charge in [-0.3, -0.25) is 4.90 Å². The van der Waals surface area contributed by atoms with Gasteiger partial charge in [0.1, 0.15) is 0 Å². The molecule has 1 heterocycles. The van der Waals surface area contributed by atoms with Crippen LogP contribution in [0.2, 0.25) is 0 Å². The molecule has 0 spiro atoms. The number of rotatable bonds is 3. The third kappa shape index (κ3) is 3.10. The van der Waals surface area contributed by atoms with E-state index in [2.05, 4.69) is 55.1 Å². The van der Waals surface area contributed by atoms with Crippen molar-refractivity contribution in [3.63, 3.8) is 0 Å². The highest BCUT2D eigenvalue weighted by Gasteiger charge is 2.27. The van der Waals surface area contributed by atoms with Crippen molar-refractivity contribution in [2.24, 2.45) is 5.73 Å². The normalized spacial score (nSPS) is 24.1. The Morgan fingerprint density at radius 2 is 2.00 bits per heavy atom. The number of aryl methyl sites for hydroxylation is 1. The average molecular weight is 247 g/mol. The van der Waals surface area contributed by atoms with Gasteiger partial charge >= 0.3 is 0 Å². The summed E-state index contributed by atoms with van der Waals surface area (Å²) >= 11 is 0. The summed E-state index contributed by atoms with van der Waals surface area (Å²) in [5.41, 5.74) is 9.16. The molecular weight excluding hydrogens is 222 g/mol. The van der Waals surface area contributed by atoms with Crippen LogP contribution in [-0.4, -0.2) is 55.6 Å². The zero-order valence-electron chi connectivity index (χ0n) is 11.8. The molecule has 1 fully saturated rings. The molecule has 1 aliphatic heterocycles. The summed E-state index contributed by atoms with van der Waals surface area (Å²) in [5.74, 6) is 0. The predicted octanol–water partition coefficient (Wildman–Crippen LogP) is 1.11. The second kappa shape index (κ2) is 5.83. The van der Waals surface area contributed by atoms with Gasteiger partial charge in [0, 0.05) is 31.7 Å². The molecule has 1 saturated heterocycles. The van der Waals surface area contributed by atoms with Gasteiger partial charge < -0.3 is 10.6 Å². The van der Waals surface area contributed by atoms with Gasteiger partial charge in [0.25, 0.3) is 0 Å². The molecule has 1 aromatic rings. The van der Waals surface area contributed by atoms with E-state index in [9.17, 15) is 0 Å². The van der Waals surface area contributed by atoms with Crippen molar-refractivity contribution < 1.29 is 0 Å². The smallest absolute Gasteiger partial charge is 0.0375 e. The van der Waals surface area contributed by atoms with Crippen molar-refractivity contribution in [3.05, 3.63) is 35.4 Å². The van der Waals surface area contributed by atoms with E-state index >= 15 is 0 Å². The summed E-state index contributed by atoms with van der Waals surface area (Å²) in [6.45, 7) is 5.50. The maximum absolute atomic E-state index is 6.43. The number of nitrogens with two attached hydrogens (primary N) is 1. The first-order valence-corrected chi connectivity index (χ1v) is 6.77. The maximum atomic E-state index is 6.43. The van der Waals surface area contributed by atoms with Crippen LogP contribution in [0.4, 0.5) is 0 Å². The molecule has 2 atom stereocenters. The van der Waals surface area contributed by atoms with Gasteiger partial charge in [-0.15, -0.1) is 0 Å². The van der Waals surface area contributed by atoms with E-state index in [4.69, 9.17) is 5.73 Å². The zero-order valence-corrected chi connectivity index (χ0v) is 11.8. The van der Waals surface area contributed by atoms with Crippen LogP contribution in [0.3, 0.4) is 0 Å². The monoisotopic (exact) mass is 247 g/mol. The molecule has 0 radical (unpaired) electrons. The van der Waals surface area contributed by atoms with Gasteiger partial charge in [-0.1, -0.05) is 24.3 Å². The quantitative estimate of drug-likeness (QED) is 0.868. The van der Waals surface area contributed by atoms with E-state index in [1.54, 1.807) is 0 Å². The number of hydrogen-bond donors (Lipinski definition) is 1. The van der Waals surface area contributed by atoms with E-state index in [0.29, 0.717) is 6.04 Å². The molecule has 3 heteroatoms. The van der Waals surface area contributed by atoms with Gasteiger partial charge in [0.05, 0.1) is 0 Å². The van der Waals surface area contributed by atoms with Crippen LogP contribution in [0.15, 0.2) is 24.3 Å². The molecule has 100 valence electrons. The number of benzene rings is 1.